The summed E-state index contributed by atoms with van der Waals surface area (Å²) in [5.41, 5.74) is 0. The van der Waals surface area contributed by atoms with E-state index < -0.39 is 15.9 Å². The second-order valence-electron chi connectivity index (χ2n) is 1.09. The van der Waals surface area contributed by atoms with Crippen molar-refractivity contribution in [1.82, 2.24) is 0 Å². The molecule has 4 N–H and O–H groups in total. The normalized spacial score (nSPS) is 9.44. The predicted octanol–water partition coefficient (Wildman–Crippen LogP) is -0.578. The molecule has 0 aliphatic carbocycles. The first-order valence-corrected chi connectivity index (χ1v) is 4.84. The Hall–Kier alpha value is 0.170. The smallest absolute Gasteiger partial charge is 0.325 e. The highest BCUT2D eigenvalue weighted by Crippen LogP contribution is 2.26. The molecule has 0 saturated heterocycles. The summed E-state index contributed by atoms with van der Waals surface area (Å²) in [4.78, 5) is 29.5. The molecule has 0 aliphatic heterocycles. The van der Waals surface area contributed by atoms with Crippen molar-refractivity contribution < 1.29 is 28.7 Å². The Morgan fingerprint density at radius 2 is 1.33 bits per heavy atom. The fourth-order valence-electron chi connectivity index (χ4n) is 0. The summed E-state index contributed by atoms with van der Waals surface area (Å²) in [6.07, 6.45) is 0. The van der Waals surface area contributed by atoms with Gasteiger partial charge in [0.1, 0.15) is 0 Å². The second kappa shape index (κ2) is 4.99. The van der Waals surface area contributed by atoms with Crippen LogP contribution in [0.4, 0.5) is 0 Å². The highest BCUT2D eigenvalue weighted by atomic mass is 31.2. The first-order valence-electron chi connectivity index (χ1n) is 1.61. The first-order chi connectivity index (χ1) is 3.73. The lowest BCUT2D eigenvalue weighted by atomic mass is 12.0. The van der Waals surface area contributed by atoms with Crippen LogP contribution in [0, 0.1) is 0 Å². The van der Waals surface area contributed by atoms with Crippen LogP contribution in [-0.4, -0.2) is 26.2 Å². The quantitative estimate of drug-likeness (QED) is 0.368. The molecular weight excluding hydrogens is 170 g/mol. The van der Waals surface area contributed by atoms with Crippen LogP contribution in [-0.2, 0) is 9.13 Å². The molecule has 0 radical (unpaired) electrons. The first kappa shape index (κ1) is 11.9. The number of hydrogen-bond donors (Lipinski definition) is 4. The molecule has 9 heavy (non-hydrogen) atoms. The van der Waals surface area contributed by atoms with Gasteiger partial charge in [-0.3, -0.25) is 4.57 Å². The van der Waals surface area contributed by atoms with Gasteiger partial charge in [-0.25, -0.2) is 0 Å². The largest absolute Gasteiger partial charge is 0.692 e. The maximum atomic E-state index is 9.33. The maximum Gasteiger partial charge on any atom is 0.692 e. The molecule has 0 aromatic heterocycles. The van der Waals surface area contributed by atoms with Crippen LogP contribution < -0.4 is 0 Å². The third-order valence-corrected chi connectivity index (χ3v) is 0. The summed E-state index contributed by atoms with van der Waals surface area (Å²) < 4.78 is 18.0. The molecule has 0 unspecified atom stereocenters. The minimum atomic E-state index is -3.64. The van der Waals surface area contributed by atoms with Crippen molar-refractivity contribution in [2.24, 2.45) is 0 Å². The number of hydrogen-bond acceptors (Lipinski definition) is 2. The van der Waals surface area contributed by atoms with E-state index in [2.05, 4.69) is 0 Å². The van der Waals surface area contributed by atoms with Gasteiger partial charge in [0.2, 0.25) is 0 Å². The standard InChI is InChI=1S/CH5O3P.HO3P/c1-5(2,3)4;1-4(2)3/h1H3,(H2,2,3,4);(H-,1,2,3)/p+1. The summed E-state index contributed by atoms with van der Waals surface area (Å²) in [6.45, 7) is 0.854. The zero-order valence-electron chi connectivity index (χ0n) is 4.50. The average molecular weight is 177 g/mol. The van der Waals surface area contributed by atoms with Gasteiger partial charge in [0.05, 0.1) is 0 Å². The van der Waals surface area contributed by atoms with Gasteiger partial charge in [-0.1, -0.05) is 0 Å². The summed E-state index contributed by atoms with van der Waals surface area (Å²) in [5, 5.41) is 0. The van der Waals surface area contributed by atoms with Gasteiger partial charge < -0.3 is 9.79 Å². The molecule has 0 rings (SSSR count). The molecule has 0 atom stereocenters. The maximum absolute atomic E-state index is 9.33. The third kappa shape index (κ3) is 10800. The summed E-state index contributed by atoms with van der Waals surface area (Å²) in [5.74, 6) is 0. The van der Waals surface area contributed by atoms with Crippen LogP contribution >= 0.6 is 15.9 Å². The fraction of sp³-hybridized carbons (Fsp3) is 1.00. The molecule has 0 saturated carbocycles. The van der Waals surface area contributed by atoms with Gasteiger partial charge in [0, 0.05) is 11.2 Å². The van der Waals surface area contributed by atoms with Crippen LogP contribution in [0.2, 0.25) is 0 Å². The third-order valence-electron chi connectivity index (χ3n) is 0. The highest BCUT2D eigenvalue weighted by molar-refractivity contribution is 7.50. The molecule has 6 nitrogen and oxygen atoms in total. The molecule has 0 aromatic rings. The summed E-state index contributed by atoms with van der Waals surface area (Å²) in [6, 6.07) is 0. The van der Waals surface area contributed by atoms with Crippen molar-refractivity contribution in [3.05, 3.63) is 0 Å². The molecule has 0 aliphatic rings. The number of rotatable bonds is 0. The van der Waals surface area contributed by atoms with Gasteiger partial charge in [0.25, 0.3) is 0 Å². The van der Waals surface area contributed by atoms with Crippen LogP contribution in [0.3, 0.4) is 0 Å². The van der Waals surface area contributed by atoms with Crippen molar-refractivity contribution in [2.75, 3.05) is 6.66 Å². The van der Waals surface area contributed by atoms with Crippen LogP contribution in [0.1, 0.15) is 0 Å². The second-order valence-corrected chi connectivity index (χ2v) is 3.26. The average Bonchev–Trinajstić information content (AvgIpc) is 1.19. The van der Waals surface area contributed by atoms with E-state index in [1.54, 1.807) is 0 Å². The Bertz CT molecular complexity index is 111. The zero-order valence-corrected chi connectivity index (χ0v) is 6.29. The van der Waals surface area contributed by atoms with E-state index in [9.17, 15) is 4.57 Å². The van der Waals surface area contributed by atoms with E-state index in [1.165, 1.54) is 0 Å². The minimum Gasteiger partial charge on any atom is -0.325 e. The van der Waals surface area contributed by atoms with E-state index in [-0.39, 0.29) is 0 Å². The lowest BCUT2D eigenvalue weighted by Gasteiger charge is -1.84. The van der Waals surface area contributed by atoms with Gasteiger partial charge in [-0.05, 0) is 0 Å². The zero-order chi connectivity index (χ0) is 8.08. The topological polar surface area (TPSA) is 115 Å². The Morgan fingerprint density at radius 3 is 1.33 bits per heavy atom. The Balaban J connectivity index is 0. The molecular formula is CH7O6P2+. The van der Waals surface area contributed by atoms with E-state index in [0.717, 1.165) is 6.66 Å². The van der Waals surface area contributed by atoms with E-state index in [1.807, 2.05) is 0 Å². The SMILES string of the molecule is CP(=O)(O)O.O=[P+](O)O. The lowest BCUT2D eigenvalue weighted by Crippen LogP contribution is -1.64. The predicted molar refractivity (Wildman–Crippen MR) is 30.0 cm³/mol. The van der Waals surface area contributed by atoms with Crippen LogP contribution in [0.15, 0.2) is 0 Å². The molecule has 0 heterocycles. The summed E-state index contributed by atoms with van der Waals surface area (Å²) in [7, 11) is -6.51. The molecule has 0 amide bonds. The van der Waals surface area contributed by atoms with E-state index in [4.69, 9.17) is 24.1 Å². The van der Waals surface area contributed by atoms with Gasteiger partial charge >= 0.3 is 15.9 Å². The van der Waals surface area contributed by atoms with Crippen molar-refractivity contribution in [2.45, 2.75) is 0 Å². The molecule has 8 heteroatoms. The monoisotopic (exact) mass is 177 g/mol. The fourth-order valence-corrected chi connectivity index (χ4v) is 0. The van der Waals surface area contributed by atoms with Crippen molar-refractivity contribution in [3.8, 4) is 0 Å². The van der Waals surface area contributed by atoms with Crippen LogP contribution in [0.5, 0.6) is 0 Å². The molecule has 56 valence electrons. The van der Waals surface area contributed by atoms with Crippen LogP contribution in [0.25, 0.3) is 0 Å². The summed E-state index contributed by atoms with van der Waals surface area (Å²) >= 11 is 0. The van der Waals surface area contributed by atoms with Crippen molar-refractivity contribution in [1.29, 1.82) is 0 Å². The highest BCUT2D eigenvalue weighted by Gasteiger charge is 1.95. The lowest BCUT2D eigenvalue weighted by molar-refractivity contribution is 0.381. The Labute approximate surface area is 52.3 Å². The Kier molecular flexibility index (Phi) is 6.61. The molecule has 0 spiro atoms. The minimum absolute atomic E-state index is 0.854. The van der Waals surface area contributed by atoms with E-state index in [0.29, 0.717) is 0 Å². The van der Waals surface area contributed by atoms with Gasteiger partial charge in [0.15, 0.2) is 0 Å². The van der Waals surface area contributed by atoms with Gasteiger partial charge in [-0.15, -0.1) is 9.79 Å². The molecule has 0 aromatic carbocycles. The van der Waals surface area contributed by atoms with Crippen molar-refractivity contribution >= 4 is 15.9 Å². The van der Waals surface area contributed by atoms with Gasteiger partial charge in [-0.2, -0.15) is 0 Å². The molecule has 0 fully saturated rings. The Morgan fingerprint density at radius 1 is 1.33 bits per heavy atom. The van der Waals surface area contributed by atoms with E-state index >= 15 is 0 Å². The molecule has 0 bridgehead atoms. The van der Waals surface area contributed by atoms with Crippen molar-refractivity contribution in [3.63, 3.8) is 0 Å².